The van der Waals surface area contributed by atoms with Crippen molar-refractivity contribution in [3.05, 3.63) is 23.3 Å². The lowest BCUT2D eigenvalue weighted by molar-refractivity contribution is -0.199. The topological polar surface area (TPSA) is 89.5 Å². The Morgan fingerprint density at radius 2 is 1.16 bits per heavy atom. The summed E-state index contributed by atoms with van der Waals surface area (Å²) in [5, 5.41) is 0.981. The van der Waals surface area contributed by atoms with E-state index in [9.17, 15) is 9.59 Å². The van der Waals surface area contributed by atoms with Gasteiger partial charge in [0.15, 0.2) is 11.6 Å². The number of alkyl halides is 1. The standard InChI is InChI=1S/C16H26O4.C11H18O4.C5H9Br.2CH4/c1-4-18-14(17)15(6-5-13(2)3)7-9-16(10-8-15)19-11-12-20-16;1-2-13-10(12)9-3-5-11(6-4-9)14-7-8-15-11;1-5(2)3-4-6;;/h5H,4,6-12H2,1-3H3;9H,2-8H2,1H3;3H,4H2,1-2H3;2*1H4. The Morgan fingerprint density at radius 3 is 1.53 bits per heavy atom. The van der Waals surface area contributed by atoms with Crippen LogP contribution < -0.4 is 0 Å². The first-order chi connectivity index (χ1) is 19.5. The van der Waals surface area contributed by atoms with E-state index in [-0.39, 0.29) is 38.5 Å². The maximum atomic E-state index is 12.4. The number of halogens is 1. The fourth-order valence-electron chi connectivity index (χ4n) is 5.56. The highest BCUT2D eigenvalue weighted by atomic mass is 79.9. The third-order valence-corrected chi connectivity index (χ3v) is 8.38. The van der Waals surface area contributed by atoms with Crippen LogP contribution in [-0.2, 0) is 38.0 Å². The molecule has 43 heavy (non-hydrogen) atoms. The summed E-state index contributed by atoms with van der Waals surface area (Å²) >= 11 is 3.27. The van der Waals surface area contributed by atoms with E-state index in [2.05, 4.69) is 55.8 Å². The number of carbonyl (C=O) groups is 2. The second-order valence-corrected chi connectivity index (χ2v) is 12.3. The van der Waals surface area contributed by atoms with Gasteiger partial charge in [0.05, 0.1) is 51.0 Å². The molecule has 0 amide bonds. The quantitative estimate of drug-likeness (QED) is 0.151. The van der Waals surface area contributed by atoms with Crippen LogP contribution in [0.5, 0.6) is 0 Å². The number of carbonyl (C=O) groups excluding carboxylic acids is 2. The van der Waals surface area contributed by atoms with Crippen molar-refractivity contribution in [3.63, 3.8) is 0 Å². The molecule has 2 saturated carbocycles. The van der Waals surface area contributed by atoms with Crippen LogP contribution in [0.3, 0.4) is 0 Å². The van der Waals surface area contributed by atoms with E-state index in [0.29, 0.717) is 39.6 Å². The summed E-state index contributed by atoms with van der Waals surface area (Å²) in [5.41, 5.74) is 2.21. The van der Waals surface area contributed by atoms with Crippen LogP contribution >= 0.6 is 15.9 Å². The van der Waals surface area contributed by atoms with Crippen molar-refractivity contribution in [2.24, 2.45) is 11.3 Å². The molecule has 2 spiro atoms. The molecule has 0 aromatic rings. The molecule has 2 heterocycles. The maximum Gasteiger partial charge on any atom is 0.312 e. The van der Waals surface area contributed by atoms with Crippen molar-refractivity contribution in [1.29, 1.82) is 0 Å². The summed E-state index contributed by atoms with van der Waals surface area (Å²) in [5.74, 6) is -0.886. The molecule has 4 aliphatic rings. The first-order valence-electron chi connectivity index (χ1n) is 15.3. The smallest absolute Gasteiger partial charge is 0.312 e. The fourth-order valence-corrected chi connectivity index (χ4v) is 6.21. The lowest BCUT2D eigenvalue weighted by Crippen LogP contribution is -2.44. The average Bonchev–Trinajstić information content (AvgIpc) is 3.60. The van der Waals surface area contributed by atoms with Gasteiger partial charge in [-0.1, -0.05) is 54.1 Å². The molecule has 0 atom stereocenters. The van der Waals surface area contributed by atoms with Crippen LogP contribution in [0.25, 0.3) is 0 Å². The van der Waals surface area contributed by atoms with Gasteiger partial charge in [0.2, 0.25) is 0 Å². The summed E-state index contributed by atoms with van der Waals surface area (Å²) < 4.78 is 33.0. The molecule has 0 unspecified atom stereocenters. The molecule has 0 bridgehead atoms. The molecular weight excluding hydrogens is 616 g/mol. The van der Waals surface area contributed by atoms with Crippen LogP contribution in [0.2, 0.25) is 0 Å². The maximum absolute atomic E-state index is 12.4. The minimum atomic E-state index is -0.430. The van der Waals surface area contributed by atoms with Crippen molar-refractivity contribution in [3.8, 4) is 0 Å². The van der Waals surface area contributed by atoms with Gasteiger partial charge >= 0.3 is 11.9 Å². The Balaban J connectivity index is 0.000000680. The molecule has 0 radical (unpaired) electrons. The average molecular weight is 678 g/mol. The van der Waals surface area contributed by atoms with E-state index >= 15 is 0 Å². The Bertz CT molecular complexity index is 844. The van der Waals surface area contributed by atoms with Gasteiger partial charge in [-0.15, -0.1) is 0 Å². The molecular formula is C34H61BrO8. The molecule has 0 aromatic heterocycles. The molecule has 4 rings (SSSR count). The Hall–Kier alpha value is -1.26. The van der Waals surface area contributed by atoms with E-state index in [1.165, 1.54) is 11.1 Å². The molecule has 0 aromatic carbocycles. The Kier molecular flexibility index (Phi) is 20.1. The van der Waals surface area contributed by atoms with E-state index in [0.717, 1.165) is 63.1 Å². The number of hydrogen-bond acceptors (Lipinski definition) is 8. The molecule has 8 nitrogen and oxygen atoms in total. The molecule has 9 heteroatoms. The van der Waals surface area contributed by atoms with Crippen LogP contribution in [-0.4, -0.2) is 68.5 Å². The van der Waals surface area contributed by atoms with Crippen LogP contribution in [0, 0.1) is 11.3 Å². The van der Waals surface area contributed by atoms with Gasteiger partial charge < -0.3 is 28.4 Å². The highest BCUT2D eigenvalue weighted by molar-refractivity contribution is 9.09. The molecule has 2 saturated heterocycles. The first-order valence-corrected chi connectivity index (χ1v) is 16.4. The second-order valence-electron chi connectivity index (χ2n) is 11.7. The predicted molar refractivity (Wildman–Crippen MR) is 176 cm³/mol. The zero-order chi connectivity index (χ0) is 30.4. The summed E-state index contributed by atoms with van der Waals surface area (Å²) in [6.45, 7) is 15.6. The number of esters is 2. The van der Waals surface area contributed by atoms with E-state index in [4.69, 9.17) is 28.4 Å². The van der Waals surface area contributed by atoms with E-state index in [1.54, 1.807) is 0 Å². The van der Waals surface area contributed by atoms with Gasteiger partial charge in [-0.2, -0.15) is 0 Å². The number of ether oxygens (including phenoxy) is 6. The monoisotopic (exact) mass is 676 g/mol. The zero-order valence-corrected chi connectivity index (χ0v) is 27.8. The third kappa shape index (κ3) is 13.3. The summed E-state index contributed by atoms with van der Waals surface area (Å²) in [6, 6.07) is 0. The summed E-state index contributed by atoms with van der Waals surface area (Å²) in [7, 11) is 0. The van der Waals surface area contributed by atoms with Crippen molar-refractivity contribution < 1.29 is 38.0 Å². The lowest BCUT2D eigenvalue weighted by Gasteiger charge is -2.41. The van der Waals surface area contributed by atoms with Crippen molar-refractivity contribution in [1.82, 2.24) is 0 Å². The molecule has 0 N–H and O–H groups in total. The number of hydrogen-bond donors (Lipinski definition) is 0. The molecule has 2 aliphatic heterocycles. The third-order valence-electron chi connectivity index (χ3n) is 8.06. The molecule has 4 fully saturated rings. The lowest BCUT2D eigenvalue weighted by atomic mass is 9.69. The Morgan fingerprint density at radius 1 is 0.721 bits per heavy atom. The highest BCUT2D eigenvalue weighted by Gasteiger charge is 2.50. The van der Waals surface area contributed by atoms with Gasteiger partial charge in [0.1, 0.15) is 0 Å². The number of rotatable bonds is 7. The molecule has 252 valence electrons. The van der Waals surface area contributed by atoms with Crippen molar-refractivity contribution in [2.75, 3.05) is 45.0 Å². The van der Waals surface area contributed by atoms with Gasteiger partial charge in [-0.25, -0.2) is 0 Å². The van der Waals surface area contributed by atoms with E-state index in [1.807, 2.05) is 13.8 Å². The minimum Gasteiger partial charge on any atom is -0.466 e. The van der Waals surface area contributed by atoms with Crippen LogP contribution in [0.1, 0.15) is 114 Å². The SMILES string of the molecule is C.C.CC(C)=CCBr.CCOC(=O)C1(CC=C(C)C)CCC2(CC1)OCCO2.CCOC(=O)C1CCC2(CC1)OCCO2. The van der Waals surface area contributed by atoms with E-state index < -0.39 is 11.2 Å². The normalized spacial score (nSPS) is 22.3. The predicted octanol–water partition coefficient (Wildman–Crippen LogP) is 8.31. The van der Waals surface area contributed by atoms with Gasteiger partial charge in [0, 0.05) is 31.0 Å². The van der Waals surface area contributed by atoms with Gasteiger partial charge in [0.25, 0.3) is 0 Å². The van der Waals surface area contributed by atoms with Crippen LogP contribution in [0.15, 0.2) is 23.3 Å². The largest absolute Gasteiger partial charge is 0.466 e. The minimum absolute atomic E-state index is 0. The zero-order valence-electron chi connectivity index (χ0n) is 26.2. The van der Waals surface area contributed by atoms with Crippen molar-refractivity contribution in [2.45, 2.75) is 126 Å². The van der Waals surface area contributed by atoms with Gasteiger partial charge in [-0.05, 0) is 73.6 Å². The number of allylic oxidation sites excluding steroid dienone is 4. The summed E-state index contributed by atoms with van der Waals surface area (Å²) in [4.78, 5) is 23.9. The van der Waals surface area contributed by atoms with Gasteiger partial charge in [-0.3, -0.25) is 9.59 Å². The summed E-state index contributed by atoms with van der Waals surface area (Å²) in [6.07, 6.45) is 11.4. The molecule has 2 aliphatic carbocycles. The fraction of sp³-hybridized carbons (Fsp3) is 0.824. The highest BCUT2D eigenvalue weighted by Crippen LogP contribution is 2.47. The van der Waals surface area contributed by atoms with Crippen LogP contribution in [0.4, 0.5) is 0 Å². The Labute approximate surface area is 270 Å². The second kappa shape index (κ2) is 20.7. The first kappa shape index (κ1) is 41.7. The van der Waals surface area contributed by atoms with Crippen molar-refractivity contribution >= 4 is 27.9 Å².